The molecule has 36 heavy (non-hydrogen) atoms. The molecule has 0 spiro atoms. The molecule has 11 heteroatoms. The minimum atomic E-state index is -2.89. The van der Waals surface area contributed by atoms with E-state index >= 15 is 4.39 Å². The average molecular weight is 504 g/mol. The molecular formula is C25H25F4N5O2. The van der Waals surface area contributed by atoms with Crippen LogP contribution in [0.1, 0.15) is 50.1 Å². The Hall–Kier alpha value is -3.34. The van der Waals surface area contributed by atoms with Crippen LogP contribution in [0.4, 0.5) is 23.2 Å². The molecule has 7 nitrogen and oxygen atoms in total. The molecule has 1 aliphatic heterocycles. The quantitative estimate of drug-likeness (QED) is 0.418. The van der Waals surface area contributed by atoms with Gasteiger partial charge in [-0.1, -0.05) is 25.3 Å². The summed E-state index contributed by atoms with van der Waals surface area (Å²) >= 11 is 0. The van der Waals surface area contributed by atoms with Crippen molar-refractivity contribution in [1.29, 1.82) is 0 Å². The Labute approximate surface area is 205 Å². The number of carbonyl (C=O) groups is 1. The van der Waals surface area contributed by atoms with Crippen LogP contribution < -0.4 is 4.90 Å². The minimum absolute atomic E-state index is 0.0122. The third kappa shape index (κ3) is 4.97. The van der Waals surface area contributed by atoms with Gasteiger partial charge in [0.05, 0.1) is 17.8 Å². The zero-order valence-electron chi connectivity index (χ0n) is 19.4. The molecule has 1 aliphatic carbocycles. The van der Waals surface area contributed by atoms with Crippen molar-refractivity contribution in [2.24, 2.45) is 0 Å². The van der Waals surface area contributed by atoms with Crippen LogP contribution in [0.15, 0.2) is 47.0 Å². The SMILES string of the molecule is O=C(N(Cc1ccc(-c2nnc(C(F)F)o2)cn1)c1cccc(F)c1)C1(F)CN(C2CCCCC2)C1. The highest BCUT2D eigenvalue weighted by Crippen LogP contribution is 2.36. The van der Waals surface area contributed by atoms with Crippen molar-refractivity contribution in [3.05, 3.63) is 60.0 Å². The topological polar surface area (TPSA) is 75.4 Å². The van der Waals surface area contributed by atoms with Gasteiger partial charge in [-0.3, -0.25) is 14.7 Å². The van der Waals surface area contributed by atoms with Gasteiger partial charge in [0.15, 0.2) is 0 Å². The number of alkyl halides is 3. The predicted molar refractivity (Wildman–Crippen MR) is 122 cm³/mol. The van der Waals surface area contributed by atoms with Crippen molar-refractivity contribution in [3.8, 4) is 11.5 Å². The van der Waals surface area contributed by atoms with Gasteiger partial charge >= 0.3 is 6.43 Å². The summed E-state index contributed by atoms with van der Waals surface area (Å²) in [4.78, 5) is 20.9. The van der Waals surface area contributed by atoms with E-state index in [1.165, 1.54) is 41.8 Å². The van der Waals surface area contributed by atoms with Gasteiger partial charge in [0.1, 0.15) is 5.82 Å². The van der Waals surface area contributed by atoms with E-state index in [0.29, 0.717) is 17.3 Å². The van der Waals surface area contributed by atoms with Gasteiger partial charge in [0.25, 0.3) is 11.8 Å². The first-order valence-corrected chi connectivity index (χ1v) is 11.9. The van der Waals surface area contributed by atoms with E-state index < -0.39 is 29.7 Å². The van der Waals surface area contributed by atoms with Crippen LogP contribution in [0.25, 0.3) is 11.5 Å². The second kappa shape index (κ2) is 9.96. The lowest BCUT2D eigenvalue weighted by Crippen LogP contribution is -2.68. The molecular weight excluding hydrogens is 478 g/mol. The van der Waals surface area contributed by atoms with E-state index in [2.05, 4.69) is 15.2 Å². The maximum atomic E-state index is 15.8. The fourth-order valence-corrected chi connectivity index (χ4v) is 4.85. The summed E-state index contributed by atoms with van der Waals surface area (Å²) in [5.41, 5.74) is -1.15. The normalized spacial score (nSPS) is 18.2. The third-order valence-corrected chi connectivity index (χ3v) is 6.77. The van der Waals surface area contributed by atoms with Crippen molar-refractivity contribution in [1.82, 2.24) is 20.1 Å². The molecule has 1 aromatic carbocycles. The van der Waals surface area contributed by atoms with Gasteiger partial charge < -0.3 is 9.32 Å². The molecule has 190 valence electrons. The number of anilines is 1. The molecule has 3 aromatic rings. The van der Waals surface area contributed by atoms with Crippen LogP contribution >= 0.6 is 0 Å². The predicted octanol–water partition coefficient (Wildman–Crippen LogP) is 5.10. The van der Waals surface area contributed by atoms with E-state index in [0.717, 1.165) is 25.7 Å². The first-order valence-electron chi connectivity index (χ1n) is 11.9. The summed E-state index contributed by atoms with van der Waals surface area (Å²) in [6.07, 6.45) is 3.86. The molecule has 1 saturated carbocycles. The first kappa shape index (κ1) is 24.4. The van der Waals surface area contributed by atoms with Gasteiger partial charge in [-0.2, -0.15) is 8.78 Å². The molecule has 5 rings (SSSR count). The lowest BCUT2D eigenvalue weighted by molar-refractivity contribution is -0.146. The van der Waals surface area contributed by atoms with E-state index in [-0.39, 0.29) is 31.2 Å². The summed E-state index contributed by atoms with van der Waals surface area (Å²) in [6.45, 7) is -0.0829. The molecule has 2 aromatic heterocycles. The van der Waals surface area contributed by atoms with Crippen molar-refractivity contribution in [2.45, 2.75) is 56.8 Å². The molecule has 1 amide bonds. The number of halogens is 4. The highest BCUT2D eigenvalue weighted by Gasteiger charge is 2.53. The fourth-order valence-electron chi connectivity index (χ4n) is 4.85. The van der Waals surface area contributed by atoms with Crippen LogP contribution in [0.3, 0.4) is 0 Å². The fraction of sp³-hybridized carbons (Fsp3) is 0.440. The van der Waals surface area contributed by atoms with Gasteiger partial charge in [-0.25, -0.2) is 8.78 Å². The maximum Gasteiger partial charge on any atom is 0.314 e. The second-order valence-corrected chi connectivity index (χ2v) is 9.32. The Balaban J connectivity index is 1.34. The minimum Gasteiger partial charge on any atom is -0.415 e. The molecule has 0 N–H and O–H groups in total. The molecule has 1 saturated heterocycles. The zero-order valence-corrected chi connectivity index (χ0v) is 19.4. The van der Waals surface area contributed by atoms with E-state index in [1.54, 1.807) is 12.1 Å². The molecule has 0 unspecified atom stereocenters. The van der Waals surface area contributed by atoms with Crippen LogP contribution in [-0.2, 0) is 11.3 Å². The number of rotatable bonds is 7. The number of nitrogens with zero attached hydrogens (tertiary/aromatic N) is 5. The standard InChI is InChI=1S/C25H25F4N5O2/c26-17-5-4-8-20(11-17)34(24(35)25(29)14-33(15-25)19-6-2-1-3-7-19)13-18-10-9-16(12-30-18)22-31-32-23(36-22)21(27)28/h4-5,8-12,19,21H,1-3,6-7,13-15H2. The van der Waals surface area contributed by atoms with Crippen molar-refractivity contribution in [3.63, 3.8) is 0 Å². The third-order valence-electron chi connectivity index (χ3n) is 6.77. The highest BCUT2D eigenvalue weighted by molar-refractivity contribution is 6.00. The summed E-state index contributed by atoms with van der Waals surface area (Å²) in [7, 11) is 0. The Bertz CT molecular complexity index is 1210. The summed E-state index contributed by atoms with van der Waals surface area (Å²) in [5, 5.41) is 6.87. The van der Waals surface area contributed by atoms with Crippen molar-refractivity contribution >= 4 is 11.6 Å². The van der Waals surface area contributed by atoms with Crippen LogP contribution in [-0.4, -0.2) is 50.8 Å². The van der Waals surface area contributed by atoms with Gasteiger partial charge in [-0.05, 0) is 43.2 Å². The lowest BCUT2D eigenvalue weighted by Gasteiger charge is -2.49. The zero-order chi connectivity index (χ0) is 25.3. The monoisotopic (exact) mass is 503 g/mol. The Morgan fingerprint density at radius 3 is 2.56 bits per heavy atom. The number of carbonyl (C=O) groups excluding carboxylic acids is 1. The first-order chi connectivity index (χ1) is 17.3. The number of likely N-dealkylation sites (tertiary alicyclic amines) is 1. The molecule has 2 fully saturated rings. The van der Waals surface area contributed by atoms with E-state index in [4.69, 9.17) is 4.42 Å². The largest absolute Gasteiger partial charge is 0.415 e. The number of amides is 1. The maximum absolute atomic E-state index is 15.8. The molecule has 2 aliphatic rings. The van der Waals surface area contributed by atoms with Crippen LogP contribution in [0.2, 0.25) is 0 Å². The molecule has 0 radical (unpaired) electrons. The second-order valence-electron chi connectivity index (χ2n) is 9.32. The highest BCUT2D eigenvalue weighted by atomic mass is 19.3. The Morgan fingerprint density at radius 2 is 1.92 bits per heavy atom. The van der Waals surface area contributed by atoms with E-state index in [9.17, 15) is 18.0 Å². The Kier molecular flexibility index (Phi) is 6.74. The molecule has 0 bridgehead atoms. The number of pyridine rings is 1. The Morgan fingerprint density at radius 1 is 1.14 bits per heavy atom. The number of aromatic nitrogens is 3. The number of hydrogen-bond donors (Lipinski definition) is 0. The van der Waals surface area contributed by atoms with Crippen molar-refractivity contribution in [2.75, 3.05) is 18.0 Å². The van der Waals surface area contributed by atoms with Crippen LogP contribution in [0, 0.1) is 5.82 Å². The summed E-state index contributed by atoms with van der Waals surface area (Å²) in [5.74, 6) is -2.22. The summed E-state index contributed by atoms with van der Waals surface area (Å²) in [6, 6.07) is 8.79. The van der Waals surface area contributed by atoms with Gasteiger partial charge in [-0.15, -0.1) is 10.2 Å². The van der Waals surface area contributed by atoms with Gasteiger partial charge in [0, 0.05) is 31.0 Å². The molecule has 0 atom stereocenters. The number of benzene rings is 1. The van der Waals surface area contributed by atoms with Crippen molar-refractivity contribution < 1.29 is 26.8 Å². The summed E-state index contributed by atoms with van der Waals surface area (Å²) < 4.78 is 60.1. The molecule has 3 heterocycles. The van der Waals surface area contributed by atoms with Gasteiger partial charge in [0.2, 0.25) is 11.6 Å². The lowest BCUT2D eigenvalue weighted by atomic mass is 9.86. The smallest absolute Gasteiger partial charge is 0.314 e. The average Bonchev–Trinajstić information content (AvgIpc) is 3.37. The number of hydrogen-bond acceptors (Lipinski definition) is 6. The van der Waals surface area contributed by atoms with Crippen LogP contribution in [0.5, 0.6) is 0 Å². The van der Waals surface area contributed by atoms with E-state index in [1.807, 2.05) is 4.90 Å².